The minimum Gasteiger partial charge on any atom is -0.454 e. The number of nitrogens with one attached hydrogen (secondary N) is 1. The zero-order valence-corrected chi connectivity index (χ0v) is 19.4. The molecule has 2 saturated heterocycles. The van der Waals surface area contributed by atoms with Crippen LogP contribution in [0.25, 0.3) is 6.08 Å². The molecule has 0 aliphatic carbocycles. The second-order valence-electron chi connectivity index (χ2n) is 9.06. The summed E-state index contributed by atoms with van der Waals surface area (Å²) in [5, 5.41) is 3.71. The molecule has 0 radical (unpaired) electrons. The number of rotatable bonds is 4. The highest BCUT2D eigenvalue weighted by Crippen LogP contribution is 2.40. The summed E-state index contributed by atoms with van der Waals surface area (Å²) in [5.74, 6) is 2.66. The van der Waals surface area contributed by atoms with E-state index in [4.69, 9.17) is 14.2 Å². The molecule has 3 heterocycles. The lowest BCUT2D eigenvalue weighted by Gasteiger charge is -2.40. The number of hydrogen-bond acceptors (Lipinski definition) is 4. The van der Waals surface area contributed by atoms with Gasteiger partial charge in [0.15, 0.2) is 17.5 Å². The predicted molar refractivity (Wildman–Crippen MR) is 131 cm³/mol. The van der Waals surface area contributed by atoms with Gasteiger partial charge in [-0.05, 0) is 48.9 Å². The smallest absolute Gasteiger partial charge is 0.231 e. The van der Waals surface area contributed by atoms with E-state index in [0.29, 0.717) is 6.79 Å². The van der Waals surface area contributed by atoms with Crippen LogP contribution >= 0.6 is 0 Å². The van der Waals surface area contributed by atoms with Gasteiger partial charge in [0, 0.05) is 45.3 Å². The maximum Gasteiger partial charge on any atom is 0.231 e. The van der Waals surface area contributed by atoms with E-state index >= 15 is 0 Å². The molecular formula is C27H33N3O3. The highest BCUT2D eigenvalue weighted by molar-refractivity contribution is 5.80. The van der Waals surface area contributed by atoms with Crippen LogP contribution in [-0.2, 0) is 10.2 Å². The largest absolute Gasteiger partial charge is 0.454 e. The predicted octanol–water partition coefficient (Wildman–Crippen LogP) is 4.22. The van der Waals surface area contributed by atoms with Crippen LogP contribution in [0.3, 0.4) is 0 Å². The van der Waals surface area contributed by atoms with Crippen molar-refractivity contribution in [3.63, 3.8) is 0 Å². The van der Waals surface area contributed by atoms with Gasteiger partial charge in [0.25, 0.3) is 0 Å². The Morgan fingerprint density at radius 1 is 1.03 bits per heavy atom. The average molecular weight is 448 g/mol. The first-order chi connectivity index (χ1) is 16.3. The Hall–Kier alpha value is -2.99. The minimum absolute atomic E-state index is 0.0106. The zero-order chi connectivity index (χ0) is 22.5. The Bertz CT molecular complexity index is 1000. The van der Waals surface area contributed by atoms with Gasteiger partial charge in [0.1, 0.15) is 0 Å². The van der Waals surface area contributed by atoms with Gasteiger partial charge in [0.2, 0.25) is 6.79 Å². The van der Waals surface area contributed by atoms with Gasteiger partial charge in [-0.3, -0.25) is 4.99 Å². The van der Waals surface area contributed by atoms with Crippen molar-refractivity contribution in [3.05, 3.63) is 65.2 Å². The average Bonchev–Trinajstić information content (AvgIpc) is 3.35. The van der Waals surface area contributed by atoms with E-state index < -0.39 is 0 Å². The summed E-state index contributed by atoms with van der Waals surface area (Å²) in [6.07, 6.45) is 6.42. The SMILES string of the molecule is CN=C(NCC1(c2ccc3c(c2)OCO3)CCOCC1)N1CCC(=Cc2ccccc2)CC1. The van der Waals surface area contributed by atoms with Crippen LogP contribution in [0.1, 0.15) is 36.8 Å². The van der Waals surface area contributed by atoms with Crippen LogP contribution in [0, 0.1) is 0 Å². The molecule has 0 amide bonds. The molecule has 0 aromatic heterocycles. The molecule has 6 nitrogen and oxygen atoms in total. The third kappa shape index (κ3) is 4.86. The number of piperidine rings is 1. The van der Waals surface area contributed by atoms with Gasteiger partial charge >= 0.3 is 0 Å². The number of benzene rings is 2. The Morgan fingerprint density at radius 3 is 2.55 bits per heavy atom. The fraction of sp³-hybridized carbons (Fsp3) is 0.444. The number of hydrogen-bond donors (Lipinski definition) is 1. The monoisotopic (exact) mass is 447 g/mol. The van der Waals surface area contributed by atoms with E-state index in [1.165, 1.54) is 16.7 Å². The number of ether oxygens (including phenoxy) is 3. The molecule has 3 aliphatic heterocycles. The van der Waals surface area contributed by atoms with E-state index in [1.807, 2.05) is 13.1 Å². The second kappa shape index (κ2) is 9.87. The highest BCUT2D eigenvalue weighted by atomic mass is 16.7. The standard InChI is InChI=1S/C27H33N3O3/c1-28-26(30-13-9-22(10-14-30)17-21-5-3-2-4-6-21)29-19-27(11-15-31-16-12-27)23-7-8-24-25(18-23)33-20-32-24/h2-8,17-18H,9-16,19-20H2,1H3,(H,28,29). The van der Waals surface area contributed by atoms with Crippen molar-refractivity contribution in [3.8, 4) is 11.5 Å². The molecule has 33 heavy (non-hydrogen) atoms. The van der Waals surface area contributed by atoms with Crippen LogP contribution in [0.4, 0.5) is 0 Å². The third-order valence-electron chi connectivity index (χ3n) is 7.11. The van der Waals surface area contributed by atoms with Gasteiger partial charge in [-0.15, -0.1) is 0 Å². The van der Waals surface area contributed by atoms with E-state index in [-0.39, 0.29) is 5.41 Å². The molecule has 2 fully saturated rings. The van der Waals surface area contributed by atoms with Crippen molar-refractivity contribution >= 4 is 12.0 Å². The van der Waals surface area contributed by atoms with Crippen molar-refractivity contribution in [2.75, 3.05) is 46.7 Å². The van der Waals surface area contributed by atoms with Crippen LogP contribution in [-0.4, -0.2) is 57.5 Å². The molecule has 0 saturated carbocycles. The number of nitrogens with zero attached hydrogens (tertiary/aromatic N) is 2. The first-order valence-corrected chi connectivity index (χ1v) is 11.9. The van der Waals surface area contributed by atoms with Gasteiger partial charge in [-0.25, -0.2) is 0 Å². The fourth-order valence-electron chi connectivity index (χ4n) is 5.07. The van der Waals surface area contributed by atoms with E-state index in [9.17, 15) is 0 Å². The molecule has 0 unspecified atom stereocenters. The van der Waals surface area contributed by atoms with E-state index in [2.05, 4.69) is 63.7 Å². The van der Waals surface area contributed by atoms with Crippen molar-refractivity contribution in [2.45, 2.75) is 31.1 Å². The number of fused-ring (bicyclic) bond motifs is 1. The lowest BCUT2D eigenvalue weighted by Crippen LogP contribution is -2.50. The second-order valence-corrected chi connectivity index (χ2v) is 9.06. The molecule has 0 bridgehead atoms. The molecule has 1 N–H and O–H groups in total. The lowest BCUT2D eigenvalue weighted by molar-refractivity contribution is 0.0511. The Balaban J connectivity index is 1.25. The quantitative estimate of drug-likeness (QED) is 0.562. The molecule has 0 atom stereocenters. The maximum absolute atomic E-state index is 5.72. The van der Waals surface area contributed by atoms with Crippen molar-refractivity contribution in [2.24, 2.45) is 4.99 Å². The number of guanidine groups is 1. The Labute approximate surface area is 196 Å². The van der Waals surface area contributed by atoms with Gasteiger partial charge in [-0.2, -0.15) is 0 Å². The van der Waals surface area contributed by atoms with Crippen molar-refractivity contribution < 1.29 is 14.2 Å². The van der Waals surface area contributed by atoms with Gasteiger partial charge < -0.3 is 24.4 Å². The topological polar surface area (TPSA) is 55.3 Å². The van der Waals surface area contributed by atoms with Crippen molar-refractivity contribution in [1.82, 2.24) is 10.2 Å². The van der Waals surface area contributed by atoms with Crippen LogP contribution in [0.15, 0.2) is 59.1 Å². The van der Waals surface area contributed by atoms with Crippen LogP contribution < -0.4 is 14.8 Å². The Morgan fingerprint density at radius 2 is 1.79 bits per heavy atom. The molecule has 174 valence electrons. The first-order valence-electron chi connectivity index (χ1n) is 11.9. The Kier molecular flexibility index (Phi) is 6.53. The van der Waals surface area contributed by atoms with Crippen LogP contribution in [0.2, 0.25) is 0 Å². The molecule has 5 rings (SSSR count). The highest BCUT2D eigenvalue weighted by Gasteiger charge is 2.36. The molecule has 6 heteroatoms. The van der Waals surface area contributed by atoms with E-state index in [0.717, 1.165) is 76.0 Å². The molecular weight excluding hydrogens is 414 g/mol. The summed E-state index contributed by atoms with van der Waals surface area (Å²) in [5.41, 5.74) is 4.07. The number of likely N-dealkylation sites (tertiary alicyclic amines) is 1. The van der Waals surface area contributed by atoms with Crippen molar-refractivity contribution in [1.29, 1.82) is 0 Å². The fourth-order valence-corrected chi connectivity index (χ4v) is 5.07. The molecule has 2 aromatic carbocycles. The van der Waals surface area contributed by atoms with E-state index in [1.54, 1.807) is 0 Å². The minimum atomic E-state index is -0.0106. The zero-order valence-electron chi connectivity index (χ0n) is 19.4. The first kappa shape index (κ1) is 21.8. The van der Waals surface area contributed by atoms with Gasteiger partial charge in [-0.1, -0.05) is 48.0 Å². The summed E-state index contributed by atoms with van der Waals surface area (Å²) in [6.45, 7) is 4.64. The number of aliphatic imine (C=N–C) groups is 1. The summed E-state index contributed by atoms with van der Waals surface area (Å²) in [4.78, 5) is 7.01. The summed E-state index contributed by atoms with van der Waals surface area (Å²) in [7, 11) is 1.88. The molecule has 3 aliphatic rings. The molecule has 0 spiro atoms. The molecule has 2 aromatic rings. The lowest BCUT2D eigenvalue weighted by atomic mass is 9.74. The maximum atomic E-state index is 5.72. The van der Waals surface area contributed by atoms with Gasteiger partial charge in [0.05, 0.1) is 0 Å². The summed E-state index contributed by atoms with van der Waals surface area (Å²) in [6, 6.07) is 17.0. The van der Waals surface area contributed by atoms with Crippen LogP contribution in [0.5, 0.6) is 11.5 Å². The third-order valence-corrected chi connectivity index (χ3v) is 7.11. The summed E-state index contributed by atoms with van der Waals surface area (Å²) >= 11 is 0. The summed E-state index contributed by atoms with van der Waals surface area (Å²) < 4.78 is 16.9. The normalized spacial score (nSPS) is 20.0.